The van der Waals surface area contributed by atoms with Crippen molar-refractivity contribution in [3.05, 3.63) is 63.6 Å². The van der Waals surface area contributed by atoms with Crippen LogP contribution in [0.5, 0.6) is 5.75 Å². The molecule has 0 N–H and O–H groups in total. The van der Waals surface area contributed by atoms with Gasteiger partial charge < -0.3 is 4.74 Å². The molecular weight excluding hydrogens is 314 g/mol. The molecule has 0 aliphatic carbocycles. The zero-order chi connectivity index (χ0) is 13.8. The SMILES string of the molecule is CCc1cccc(OCc2c(F)ccc(Br)c2F)c1. The molecule has 0 saturated heterocycles. The van der Waals surface area contributed by atoms with Gasteiger partial charge in [0.05, 0.1) is 10.0 Å². The quantitative estimate of drug-likeness (QED) is 0.728. The van der Waals surface area contributed by atoms with Gasteiger partial charge in [-0.3, -0.25) is 0 Å². The molecule has 0 radical (unpaired) electrons. The topological polar surface area (TPSA) is 9.23 Å². The summed E-state index contributed by atoms with van der Waals surface area (Å²) >= 11 is 3.03. The van der Waals surface area contributed by atoms with Crippen LogP contribution in [0, 0.1) is 11.6 Å². The molecule has 0 fully saturated rings. The monoisotopic (exact) mass is 326 g/mol. The summed E-state index contributed by atoms with van der Waals surface area (Å²) in [5.74, 6) is -0.614. The summed E-state index contributed by atoms with van der Waals surface area (Å²) in [7, 11) is 0. The Balaban J connectivity index is 2.16. The summed E-state index contributed by atoms with van der Waals surface area (Å²) in [6.07, 6.45) is 0.886. The molecule has 0 unspecified atom stereocenters. The Morgan fingerprint density at radius 1 is 1.16 bits per heavy atom. The van der Waals surface area contributed by atoms with Gasteiger partial charge in [-0.1, -0.05) is 19.1 Å². The van der Waals surface area contributed by atoms with E-state index < -0.39 is 11.6 Å². The van der Waals surface area contributed by atoms with E-state index in [2.05, 4.69) is 15.9 Å². The maximum atomic E-state index is 13.7. The molecule has 0 heterocycles. The van der Waals surface area contributed by atoms with Gasteiger partial charge in [-0.2, -0.15) is 0 Å². The standard InChI is InChI=1S/C15H13BrF2O/c1-2-10-4-3-5-11(8-10)19-9-12-14(17)7-6-13(16)15(12)18/h3-8H,2,9H2,1H3. The fraction of sp³-hybridized carbons (Fsp3) is 0.200. The normalized spacial score (nSPS) is 10.5. The van der Waals surface area contributed by atoms with Crippen LogP contribution in [0.4, 0.5) is 8.78 Å². The van der Waals surface area contributed by atoms with Crippen LogP contribution in [0.15, 0.2) is 40.9 Å². The van der Waals surface area contributed by atoms with Gasteiger partial charge >= 0.3 is 0 Å². The summed E-state index contributed by atoms with van der Waals surface area (Å²) in [6, 6.07) is 10.0. The first-order valence-corrected chi connectivity index (χ1v) is 6.75. The third kappa shape index (κ3) is 3.32. The lowest BCUT2D eigenvalue weighted by Crippen LogP contribution is -2.02. The van der Waals surface area contributed by atoms with Crippen LogP contribution in [-0.4, -0.2) is 0 Å². The minimum absolute atomic E-state index is 0.0729. The van der Waals surface area contributed by atoms with E-state index in [-0.39, 0.29) is 16.6 Å². The molecule has 0 spiro atoms. The Bertz CT molecular complexity index is 584. The lowest BCUT2D eigenvalue weighted by molar-refractivity contribution is 0.292. The van der Waals surface area contributed by atoms with E-state index in [0.717, 1.165) is 12.0 Å². The van der Waals surface area contributed by atoms with E-state index in [0.29, 0.717) is 5.75 Å². The van der Waals surface area contributed by atoms with Gasteiger partial charge in [-0.05, 0) is 52.2 Å². The van der Waals surface area contributed by atoms with Gasteiger partial charge in [-0.25, -0.2) is 8.78 Å². The first-order chi connectivity index (χ1) is 9.11. The number of hydrogen-bond donors (Lipinski definition) is 0. The van der Waals surface area contributed by atoms with E-state index in [9.17, 15) is 8.78 Å². The van der Waals surface area contributed by atoms with E-state index >= 15 is 0 Å². The molecular formula is C15H13BrF2O. The van der Waals surface area contributed by atoms with Crippen molar-refractivity contribution in [2.24, 2.45) is 0 Å². The molecule has 0 bridgehead atoms. The van der Waals surface area contributed by atoms with Gasteiger partial charge in [0.1, 0.15) is 24.0 Å². The van der Waals surface area contributed by atoms with E-state index in [1.54, 1.807) is 6.07 Å². The first-order valence-electron chi connectivity index (χ1n) is 5.96. The molecule has 0 amide bonds. The van der Waals surface area contributed by atoms with E-state index in [1.165, 1.54) is 12.1 Å². The highest BCUT2D eigenvalue weighted by atomic mass is 79.9. The van der Waals surface area contributed by atoms with Gasteiger partial charge in [-0.15, -0.1) is 0 Å². The van der Waals surface area contributed by atoms with Crippen LogP contribution in [0.3, 0.4) is 0 Å². The predicted molar refractivity (Wildman–Crippen MR) is 74.2 cm³/mol. The number of halogens is 3. The number of rotatable bonds is 4. The van der Waals surface area contributed by atoms with Gasteiger partial charge in [0.15, 0.2) is 0 Å². The van der Waals surface area contributed by atoms with Gasteiger partial charge in [0.25, 0.3) is 0 Å². The predicted octanol–water partition coefficient (Wildman–Crippen LogP) is 4.87. The summed E-state index contributed by atoms with van der Waals surface area (Å²) in [5, 5.41) is 0. The molecule has 0 aromatic heterocycles. The molecule has 100 valence electrons. The molecule has 1 nitrogen and oxygen atoms in total. The molecule has 2 aromatic carbocycles. The largest absolute Gasteiger partial charge is 0.489 e. The maximum absolute atomic E-state index is 13.7. The summed E-state index contributed by atoms with van der Waals surface area (Å²) < 4.78 is 33.0. The summed E-state index contributed by atoms with van der Waals surface area (Å²) in [4.78, 5) is 0. The second kappa shape index (κ2) is 6.15. The molecule has 2 rings (SSSR count). The van der Waals surface area contributed by atoms with Crippen molar-refractivity contribution >= 4 is 15.9 Å². The van der Waals surface area contributed by atoms with Crippen LogP contribution in [0.25, 0.3) is 0 Å². The van der Waals surface area contributed by atoms with Crippen molar-refractivity contribution in [1.29, 1.82) is 0 Å². The molecule has 2 aromatic rings. The van der Waals surface area contributed by atoms with Crippen LogP contribution >= 0.6 is 15.9 Å². The van der Waals surface area contributed by atoms with Crippen LogP contribution in [-0.2, 0) is 13.0 Å². The Labute approximate surface area is 119 Å². The summed E-state index contributed by atoms with van der Waals surface area (Å²) in [6.45, 7) is 1.90. The highest BCUT2D eigenvalue weighted by molar-refractivity contribution is 9.10. The molecule has 19 heavy (non-hydrogen) atoms. The smallest absolute Gasteiger partial charge is 0.146 e. The Morgan fingerprint density at radius 3 is 2.68 bits per heavy atom. The number of aryl methyl sites for hydroxylation is 1. The zero-order valence-electron chi connectivity index (χ0n) is 10.4. The minimum atomic E-state index is -0.619. The van der Waals surface area contributed by atoms with Crippen molar-refractivity contribution in [1.82, 2.24) is 0 Å². The molecule has 0 saturated carbocycles. The lowest BCUT2D eigenvalue weighted by atomic mass is 10.1. The number of benzene rings is 2. The van der Waals surface area contributed by atoms with Crippen molar-refractivity contribution in [3.8, 4) is 5.75 Å². The van der Waals surface area contributed by atoms with Crippen molar-refractivity contribution < 1.29 is 13.5 Å². The van der Waals surface area contributed by atoms with Crippen molar-refractivity contribution in [2.45, 2.75) is 20.0 Å². The highest BCUT2D eigenvalue weighted by Gasteiger charge is 2.12. The third-order valence-corrected chi connectivity index (χ3v) is 3.44. The average Bonchev–Trinajstić information content (AvgIpc) is 2.43. The van der Waals surface area contributed by atoms with Crippen LogP contribution in [0.1, 0.15) is 18.1 Å². The molecule has 4 heteroatoms. The fourth-order valence-electron chi connectivity index (χ4n) is 1.71. The Hall–Kier alpha value is -1.42. The van der Waals surface area contributed by atoms with Gasteiger partial charge in [0.2, 0.25) is 0 Å². The molecule has 0 atom stereocenters. The minimum Gasteiger partial charge on any atom is -0.489 e. The highest BCUT2D eigenvalue weighted by Crippen LogP contribution is 2.23. The molecule has 0 aliphatic heterocycles. The lowest BCUT2D eigenvalue weighted by Gasteiger charge is -2.10. The Kier molecular flexibility index (Phi) is 4.53. The van der Waals surface area contributed by atoms with Crippen molar-refractivity contribution in [2.75, 3.05) is 0 Å². The van der Waals surface area contributed by atoms with Crippen molar-refractivity contribution in [3.63, 3.8) is 0 Å². The fourth-order valence-corrected chi connectivity index (χ4v) is 2.08. The Morgan fingerprint density at radius 2 is 1.95 bits per heavy atom. The van der Waals surface area contributed by atoms with E-state index in [1.807, 2.05) is 25.1 Å². The van der Waals surface area contributed by atoms with E-state index in [4.69, 9.17) is 4.74 Å². The third-order valence-electron chi connectivity index (χ3n) is 2.83. The number of ether oxygens (including phenoxy) is 1. The zero-order valence-corrected chi connectivity index (χ0v) is 12.0. The second-order valence-electron chi connectivity index (χ2n) is 4.11. The van der Waals surface area contributed by atoms with Crippen LogP contribution in [0.2, 0.25) is 0 Å². The van der Waals surface area contributed by atoms with Crippen LogP contribution < -0.4 is 4.74 Å². The number of hydrogen-bond acceptors (Lipinski definition) is 1. The van der Waals surface area contributed by atoms with Gasteiger partial charge in [0, 0.05) is 0 Å². The first kappa shape index (κ1) is 14.0. The summed E-state index contributed by atoms with van der Waals surface area (Å²) in [5.41, 5.74) is 1.05. The molecule has 0 aliphatic rings. The second-order valence-corrected chi connectivity index (χ2v) is 4.97. The average molecular weight is 327 g/mol. The maximum Gasteiger partial charge on any atom is 0.146 e.